The third-order valence-corrected chi connectivity index (χ3v) is 7.01. The standard InChI is InChI=1S/C36H27N7O/c1-25(33-32(24-37)34(27-14-5-2-6-15-27)43(42-33)31-19-9-4-10-20-31)38-40-36(41-39-30-17-7-3-8-18-30)35(44)29-22-21-26-13-11-12-16-28(26)23-29/h2-23,39H,1H3,(H,40,41)/b38-25+. The maximum atomic E-state index is 13.7. The zero-order valence-corrected chi connectivity index (χ0v) is 23.8. The molecule has 0 radical (unpaired) electrons. The number of nitriles is 1. The van der Waals surface area contributed by atoms with Gasteiger partial charge in [0.05, 0.1) is 22.8 Å². The van der Waals surface area contributed by atoms with E-state index in [0.29, 0.717) is 33.9 Å². The Kier molecular flexibility index (Phi) is 8.01. The average molecular weight is 574 g/mol. The molecule has 0 aliphatic carbocycles. The minimum absolute atomic E-state index is 0.0206. The number of fused-ring (bicyclic) bond motifs is 1. The van der Waals surface area contributed by atoms with E-state index in [1.807, 2.05) is 127 Å². The summed E-state index contributed by atoms with van der Waals surface area (Å²) in [7, 11) is 0. The van der Waals surface area contributed by atoms with Gasteiger partial charge in [-0.1, -0.05) is 103 Å². The molecule has 0 fully saturated rings. The Hall–Kier alpha value is -6.33. The summed E-state index contributed by atoms with van der Waals surface area (Å²) < 4.78 is 1.74. The van der Waals surface area contributed by atoms with Gasteiger partial charge >= 0.3 is 0 Å². The van der Waals surface area contributed by atoms with E-state index in [4.69, 9.17) is 5.10 Å². The predicted octanol–water partition coefficient (Wildman–Crippen LogP) is 7.19. The van der Waals surface area contributed by atoms with Crippen molar-refractivity contribution in [3.63, 3.8) is 0 Å². The number of ketones is 1. The molecule has 44 heavy (non-hydrogen) atoms. The number of carbonyl (C=O) groups is 1. The number of anilines is 1. The molecule has 0 atom stereocenters. The molecule has 6 aromatic rings. The highest BCUT2D eigenvalue weighted by molar-refractivity contribution is 6.45. The first-order valence-corrected chi connectivity index (χ1v) is 14.0. The van der Waals surface area contributed by atoms with E-state index < -0.39 is 0 Å². The van der Waals surface area contributed by atoms with Crippen LogP contribution in [0, 0.1) is 11.3 Å². The smallest absolute Gasteiger partial charge is 0.231 e. The van der Waals surface area contributed by atoms with Gasteiger partial charge in [-0.05, 0) is 48.0 Å². The molecule has 8 heteroatoms. The summed E-state index contributed by atoms with van der Waals surface area (Å²) in [6.45, 7) is 1.74. The molecule has 1 heterocycles. The Morgan fingerprint density at radius 1 is 0.773 bits per heavy atom. The molecule has 8 nitrogen and oxygen atoms in total. The van der Waals surface area contributed by atoms with Gasteiger partial charge in [-0.15, -0.1) is 0 Å². The zero-order chi connectivity index (χ0) is 30.3. The lowest BCUT2D eigenvalue weighted by molar-refractivity contribution is 0.106. The van der Waals surface area contributed by atoms with Crippen molar-refractivity contribution in [3.8, 4) is 23.0 Å². The van der Waals surface area contributed by atoms with Crippen molar-refractivity contribution in [2.75, 3.05) is 5.43 Å². The molecule has 0 saturated carbocycles. The van der Waals surface area contributed by atoms with E-state index in [2.05, 4.69) is 27.1 Å². The number of hydrazone groups is 2. The number of carbonyl (C=O) groups excluding carboxylic acids is 1. The molecular weight excluding hydrogens is 546 g/mol. The summed E-state index contributed by atoms with van der Waals surface area (Å²) in [6, 6.07) is 44.2. The molecule has 0 aliphatic rings. The Labute approximate surface area is 254 Å². The first kappa shape index (κ1) is 27.8. The number of rotatable bonds is 8. The van der Waals surface area contributed by atoms with Gasteiger partial charge in [-0.25, -0.2) is 4.68 Å². The number of benzene rings is 5. The number of hydrogen-bond acceptors (Lipinski definition) is 6. The van der Waals surface area contributed by atoms with Crippen LogP contribution in [0.4, 0.5) is 5.69 Å². The Morgan fingerprint density at radius 2 is 1.41 bits per heavy atom. The quantitative estimate of drug-likeness (QED) is 0.0868. The topological polar surface area (TPSA) is 107 Å². The highest BCUT2D eigenvalue weighted by atomic mass is 16.1. The van der Waals surface area contributed by atoms with Gasteiger partial charge in [0, 0.05) is 11.1 Å². The predicted molar refractivity (Wildman–Crippen MR) is 175 cm³/mol. The van der Waals surface area contributed by atoms with E-state index in [1.165, 1.54) is 0 Å². The normalized spacial score (nSPS) is 11.6. The Morgan fingerprint density at radius 3 is 2.11 bits per heavy atom. The average Bonchev–Trinajstić information content (AvgIpc) is 3.49. The molecule has 0 spiro atoms. The van der Waals surface area contributed by atoms with Gasteiger partial charge in [-0.3, -0.25) is 15.6 Å². The van der Waals surface area contributed by atoms with Crippen LogP contribution in [0.2, 0.25) is 0 Å². The molecule has 5 aromatic carbocycles. The molecule has 0 amide bonds. The molecular formula is C36H27N7O. The number of nitrogens with zero attached hydrogens (tertiary/aromatic N) is 5. The minimum Gasteiger partial charge on any atom is -0.285 e. The molecule has 0 aliphatic heterocycles. The van der Waals surface area contributed by atoms with E-state index in [9.17, 15) is 10.1 Å². The van der Waals surface area contributed by atoms with Crippen molar-refractivity contribution in [2.45, 2.75) is 6.92 Å². The number of nitrogens with one attached hydrogen (secondary N) is 2. The lowest BCUT2D eigenvalue weighted by Gasteiger charge is -2.08. The van der Waals surface area contributed by atoms with Gasteiger partial charge in [-0.2, -0.15) is 20.6 Å². The summed E-state index contributed by atoms with van der Waals surface area (Å²) in [5.74, 6) is -0.371. The van der Waals surface area contributed by atoms with Gasteiger partial charge < -0.3 is 0 Å². The summed E-state index contributed by atoms with van der Waals surface area (Å²) in [5, 5.41) is 26.0. The van der Waals surface area contributed by atoms with Crippen molar-refractivity contribution in [1.82, 2.24) is 15.2 Å². The first-order valence-electron chi connectivity index (χ1n) is 14.0. The van der Waals surface area contributed by atoms with Crippen LogP contribution in [0.1, 0.15) is 28.5 Å². The van der Waals surface area contributed by atoms with Crippen molar-refractivity contribution < 1.29 is 4.79 Å². The first-order chi connectivity index (χ1) is 21.6. The van der Waals surface area contributed by atoms with Gasteiger partial charge in [0.25, 0.3) is 0 Å². The highest BCUT2D eigenvalue weighted by Gasteiger charge is 2.23. The maximum absolute atomic E-state index is 13.7. The fourth-order valence-electron chi connectivity index (χ4n) is 4.81. The van der Waals surface area contributed by atoms with Crippen molar-refractivity contribution in [3.05, 3.63) is 150 Å². The lowest BCUT2D eigenvalue weighted by Crippen LogP contribution is -2.29. The largest absolute Gasteiger partial charge is 0.285 e. The van der Waals surface area contributed by atoms with Crippen LogP contribution >= 0.6 is 0 Å². The minimum atomic E-state index is -0.351. The second-order valence-corrected chi connectivity index (χ2v) is 9.94. The number of Topliss-reactive ketones (excluding diaryl/α,β-unsaturated/α-hetero) is 1. The summed E-state index contributed by atoms with van der Waals surface area (Å²) in [4.78, 5) is 13.7. The molecule has 0 unspecified atom stereocenters. The second kappa shape index (κ2) is 12.7. The Balaban J connectivity index is 1.39. The molecule has 2 N–H and O–H groups in total. The number of hydrogen-bond donors (Lipinski definition) is 2. The monoisotopic (exact) mass is 573 g/mol. The zero-order valence-electron chi connectivity index (χ0n) is 23.8. The third-order valence-electron chi connectivity index (χ3n) is 7.01. The van der Waals surface area contributed by atoms with Crippen LogP contribution in [-0.2, 0) is 0 Å². The third kappa shape index (κ3) is 5.84. The molecule has 1 aromatic heterocycles. The van der Waals surface area contributed by atoms with E-state index >= 15 is 0 Å². The number of para-hydroxylation sites is 2. The lowest BCUT2D eigenvalue weighted by atomic mass is 10.0. The molecule has 0 bridgehead atoms. The van der Waals surface area contributed by atoms with Gasteiger partial charge in [0.1, 0.15) is 17.3 Å². The van der Waals surface area contributed by atoms with Crippen LogP contribution < -0.4 is 10.9 Å². The van der Waals surface area contributed by atoms with E-state index in [-0.39, 0.29) is 11.6 Å². The number of aromatic nitrogens is 2. The van der Waals surface area contributed by atoms with Crippen LogP contribution in [0.5, 0.6) is 0 Å². The fraction of sp³-hybridized carbons (Fsp3) is 0.0278. The van der Waals surface area contributed by atoms with Crippen LogP contribution in [-0.4, -0.2) is 27.1 Å². The van der Waals surface area contributed by atoms with Gasteiger partial charge in [0.15, 0.2) is 0 Å². The number of amidine groups is 1. The molecule has 212 valence electrons. The van der Waals surface area contributed by atoms with Crippen LogP contribution in [0.15, 0.2) is 144 Å². The van der Waals surface area contributed by atoms with E-state index in [0.717, 1.165) is 22.0 Å². The van der Waals surface area contributed by atoms with Gasteiger partial charge in [0.2, 0.25) is 11.6 Å². The fourth-order valence-corrected chi connectivity index (χ4v) is 4.81. The Bertz CT molecular complexity index is 2040. The molecule has 0 saturated heterocycles. The SMILES string of the molecule is C/C(=N\N/C(=N\Nc1ccccc1)C(=O)c1ccc2ccccc2c1)c1nn(-c2ccccc2)c(-c2ccccc2)c1C#N. The highest BCUT2D eigenvalue weighted by Crippen LogP contribution is 2.29. The summed E-state index contributed by atoms with van der Waals surface area (Å²) in [6.07, 6.45) is 0. The van der Waals surface area contributed by atoms with Crippen LogP contribution in [0.3, 0.4) is 0 Å². The van der Waals surface area contributed by atoms with Crippen molar-refractivity contribution >= 4 is 33.8 Å². The van der Waals surface area contributed by atoms with Crippen molar-refractivity contribution in [2.24, 2.45) is 10.2 Å². The van der Waals surface area contributed by atoms with Crippen LogP contribution in [0.25, 0.3) is 27.7 Å². The van der Waals surface area contributed by atoms with Crippen molar-refractivity contribution in [1.29, 1.82) is 5.26 Å². The molecule has 6 rings (SSSR count). The van der Waals surface area contributed by atoms with E-state index in [1.54, 1.807) is 17.7 Å². The second-order valence-electron chi connectivity index (χ2n) is 9.94. The summed E-state index contributed by atoms with van der Waals surface area (Å²) >= 11 is 0. The maximum Gasteiger partial charge on any atom is 0.231 e. The summed E-state index contributed by atoms with van der Waals surface area (Å²) in [5.41, 5.74) is 10.4.